The van der Waals surface area contributed by atoms with Crippen molar-refractivity contribution < 1.29 is 14.0 Å². The molecule has 0 fully saturated rings. The van der Waals surface area contributed by atoms with Crippen molar-refractivity contribution in [3.8, 4) is 6.07 Å². The average molecular weight is 568 g/mol. The highest BCUT2D eigenvalue weighted by Crippen LogP contribution is 2.40. The Morgan fingerprint density at radius 3 is 2.33 bits per heavy atom. The second-order valence-electron chi connectivity index (χ2n) is 11.1. The maximum atomic E-state index is 11.8. The minimum absolute atomic E-state index is 0.250. The molecule has 0 aromatic heterocycles. The van der Waals surface area contributed by atoms with Gasteiger partial charge in [0.05, 0.1) is 24.7 Å². The summed E-state index contributed by atoms with van der Waals surface area (Å²) in [6.07, 6.45) is 5.88. The minimum Gasteiger partial charge on any atom is -0.463 e. The van der Waals surface area contributed by atoms with Gasteiger partial charge in [-0.1, -0.05) is 97.2 Å². The topological polar surface area (TPSA) is 59.3 Å². The van der Waals surface area contributed by atoms with E-state index in [9.17, 15) is 10.1 Å². The summed E-state index contributed by atoms with van der Waals surface area (Å²) in [5, 5.41) is 12.3. The van der Waals surface area contributed by atoms with Crippen LogP contribution >= 0.6 is 11.6 Å². The predicted octanol–water partition coefficient (Wildman–Crippen LogP) is 8.71. The third-order valence-corrected chi connectivity index (χ3v) is 13.5. The van der Waals surface area contributed by atoms with E-state index in [1.807, 2.05) is 18.2 Å². The first-order chi connectivity index (χ1) is 18.5. The van der Waals surface area contributed by atoms with Gasteiger partial charge in [-0.2, -0.15) is 5.26 Å². The Labute approximate surface area is 242 Å². The molecule has 0 aliphatic rings. The van der Waals surface area contributed by atoms with Crippen LogP contribution in [0.1, 0.15) is 91.3 Å². The van der Waals surface area contributed by atoms with E-state index in [0.29, 0.717) is 29.3 Å². The third-order valence-electron chi connectivity index (χ3n) is 8.00. The molecule has 0 heterocycles. The van der Waals surface area contributed by atoms with Crippen LogP contribution < -0.4 is 5.19 Å². The highest BCUT2D eigenvalue weighted by molar-refractivity contribution is 6.88. The Morgan fingerprint density at radius 1 is 1.08 bits per heavy atom. The van der Waals surface area contributed by atoms with Gasteiger partial charge in [0, 0.05) is 11.1 Å². The summed E-state index contributed by atoms with van der Waals surface area (Å²) in [5.74, 6) is -0.129. The number of nitrogens with zero attached hydrogens (tertiary/aromatic N) is 1. The molecule has 2 unspecified atom stereocenters. The Kier molecular flexibility index (Phi) is 12.5. The lowest BCUT2D eigenvalue weighted by atomic mass is 9.68. The molecule has 2 atom stereocenters. The molecule has 0 aliphatic carbocycles. The summed E-state index contributed by atoms with van der Waals surface area (Å²) in [7, 11) is -2.53. The number of esters is 1. The number of carbonyl (C=O) groups is 1. The van der Waals surface area contributed by atoms with Crippen molar-refractivity contribution in [1.82, 2.24) is 0 Å². The fourth-order valence-electron chi connectivity index (χ4n) is 5.85. The monoisotopic (exact) mass is 567 g/mol. The van der Waals surface area contributed by atoms with E-state index >= 15 is 0 Å². The van der Waals surface area contributed by atoms with E-state index in [1.54, 1.807) is 13.0 Å². The number of nitriles is 1. The Balaban J connectivity index is 2.53. The van der Waals surface area contributed by atoms with Gasteiger partial charge >= 0.3 is 5.97 Å². The van der Waals surface area contributed by atoms with Crippen LogP contribution in [-0.2, 0) is 26.0 Å². The third kappa shape index (κ3) is 7.63. The molecule has 4 nitrogen and oxygen atoms in total. The molecule has 0 radical (unpaired) electrons. The summed E-state index contributed by atoms with van der Waals surface area (Å²) in [5.41, 5.74) is 2.99. The first-order valence-corrected chi connectivity index (χ1v) is 16.7. The molecule has 0 saturated heterocycles. The highest BCUT2D eigenvalue weighted by Gasteiger charge is 2.45. The van der Waals surface area contributed by atoms with Crippen molar-refractivity contribution in [3.63, 3.8) is 0 Å². The number of carbonyl (C=O) groups excluding carboxylic acids is 1. The molecule has 2 aromatic rings. The van der Waals surface area contributed by atoms with E-state index in [0.717, 1.165) is 36.0 Å². The molecule has 0 N–H and O–H groups in total. The van der Waals surface area contributed by atoms with Crippen LogP contribution in [0.4, 0.5) is 0 Å². The fourth-order valence-corrected chi connectivity index (χ4v) is 10.8. The lowest BCUT2D eigenvalue weighted by Gasteiger charge is -2.40. The van der Waals surface area contributed by atoms with Gasteiger partial charge in [0.1, 0.15) is 0 Å². The van der Waals surface area contributed by atoms with Crippen LogP contribution in [0.25, 0.3) is 6.08 Å². The van der Waals surface area contributed by atoms with Gasteiger partial charge in [0.2, 0.25) is 8.32 Å². The summed E-state index contributed by atoms with van der Waals surface area (Å²) in [6, 6.07) is 17.2. The Bertz CT molecular complexity index is 1160. The maximum absolute atomic E-state index is 11.8. The molecule has 2 rings (SSSR count). The van der Waals surface area contributed by atoms with E-state index < -0.39 is 13.7 Å². The lowest BCUT2D eigenvalue weighted by molar-refractivity contribution is -0.137. The molecule has 0 aliphatic heterocycles. The zero-order valence-electron chi connectivity index (χ0n) is 25.0. The number of halogens is 1. The van der Waals surface area contributed by atoms with Gasteiger partial charge in [-0.3, -0.25) is 0 Å². The van der Waals surface area contributed by atoms with Gasteiger partial charge in [-0.25, -0.2) is 4.79 Å². The summed E-state index contributed by atoms with van der Waals surface area (Å²) < 4.78 is 12.0. The van der Waals surface area contributed by atoms with Crippen molar-refractivity contribution in [3.05, 3.63) is 70.3 Å². The zero-order valence-corrected chi connectivity index (χ0v) is 26.8. The van der Waals surface area contributed by atoms with Crippen LogP contribution in [0.5, 0.6) is 0 Å². The van der Waals surface area contributed by atoms with Gasteiger partial charge in [0.25, 0.3) is 0 Å². The summed E-state index contributed by atoms with van der Waals surface area (Å²) in [6.45, 7) is 18.1. The van der Waals surface area contributed by atoms with Crippen molar-refractivity contribution in [1.29, 1.82) is 5.26 Å². The molecule has 0 amide bonds. The Morgan fingerprint density at radius 2 is 1.77 bits per heavy atom. The number of hydrogen-bond donors (Lipinski definition) is 0. The fraction of sp³-hybridized carbons (Fsp3) is 0.515. The van der Waals surface area contributed by atoms with Crippen molar-refractivity contribution in [2.45, 2.75) is 97.8 Å². The van der Waals surface area contributed by atoms with Crippen molar-refractivity contribution >= 4 is 37.2 Å². The first-order valence-electron chi connectivity index (χ1n) is 14.3. The molecule has 0 bridgehead atoms. The molecular weight excluding hydrogens is 522 g/mol. The quantitative estimate of drug-likeness (QED) is 0.130. The van der Waals surface area contributed by atoms with E-state index in [4.69, 9.17) is 20.8 Å². The second kappa shape index (κ2) is 14.8. The van der Waals surface area contributed by atoms with E-state index in [-0.39, 0.29) is 11.9 Å². The van der Waals surface area contributed by atoms with Gasteiger partial charge in [-0.05, 0) is 76.5 Å². The van der Waals surface area contributed by atoms with Crippen LogP contribution in [0.2, 0.25) is 16.1 Å². The lowest BCUT2D eigenvalue weighted by Crippen LogP contribution is -2.56. The maximum Gasteiger partial charge on any atom is 0.330 e. The summed E-state index contributed by atoms with van der Waals surface area (Å²) in [4.78, 5) is 11.8. The number of rotatable bonds is 14. The number of benzene rings is 2. The average Bonchev–Trinajstić information content (AvgIpc) is 2.90. The standard InChI is InChI=1S/C33H46ClNO3Si/c1-9-17-33(23-35,26(8)10-2)29-13-12-14-31(21-29)39(24(4)5,25(6)7)38-22-28-18-27(19-30(34)20-28)15-16-32(36)37-11-3/h12-16,18-21,24-26H,9-11,17,22H2,1-8H3/b16-15+. The molecule has 6 heteroatoms. The Hall–Kier alpha value is -2.39. The predicted molar refractivity (Wildman–Crippen MR) is 166 cm³/mol. The minimum atomic E-state index is -2.53. The van der Waals surface area contributed by atoms with Crippen LogP contribution in [-0.4, -0.2) is 20.9 Å². The van der Waals surface area contributed by atoms with Gasteiger partial charge in [-0.15, -0.1) is 0 Å². The van der Waals surface area contributed by atoms with Crippen molar-refractivity contribution in [2.24, 2.45) is 5.92 Å². The second-order valence-corrected chi connectivity index (χ2v) is 16.3. The smallest absolute Gasteiger partial charge is 0.330 e. The van der Waals surface area contributed by atoms with E-state index in [2.05, 4.69) is 78.8 Å². The normalized spacial score (nSPS) is 14.4. The molecule has 0 spiro atoms. The summed E-state index contributed by atoms with van der Waals surface area (Å²) >= 11 is 6.45. The number of ether oxygens (including phenoxy) is 1. The van der Waals surface area contributed by atoms with Crippen LogP contribution in [0.15, 0.2) is 48.5 Å². The highest BCUT2D eigenvalue weighted by atomic mass is 35.5. The van der Waals surface area contributed by atoms with Gasteiger partial charge < -0.3 is 9.16 Å². The first kappa shape index (κ1) is 32.8. The largest absolute Gasteiger partial charge is 0.463 e. The molecule has 39 heavy (non-hydrogen) atoms. The van der Waals surface area contributed by atoms with Crippen LogP contribution in [0, 0.1) is 17.2 Å². The van der Waals surface area contributed by atoms with Gasteiger partial charge in [0.15, 0.2) is 0 Å². The van der Waals surface area contributed by atoms with Crippen LogP contribution in [0.3, 0.4) is 0 Å². The molecular formula is C33H46ClNO3Si. The SMILES string of the molecule is CCCC(C#N)(c1cccc([Si](OCc2cc(Cl)cc(/C=C/C(=O)OCC)c2)(C(C)C)C(C)C)c1)C(C)CC. The molecule has 212 valence electrons. The number of hydrogen-bond acceptors (Lipinski definition) is 4. The van der Waals surface area contributed by atoms with Crippen molar-refractivity contribution in [2.75, 3.05) is 6.61 Å². The molecule has 2 aromatic carbocycles. The zero-order chi connectivity index (χ0) is 29.2. The molecule has 0 saturated carbocycles. The van der Waals surface area contributed by atoms with E-state index in [1.165, 1.54) is 11.3 Å².